The molecule has 5 heteroatoms. The van der Waals surface area contributed by atoms with Crippen molar-refractivity contribution < 1.29 is 15.0 Å². The number of likely N-dealkylation sites (tertiary alicyclic amines) is 1. The number of nitrogens with one attached hydrogen (secondary N) is 1. The molecule has 1 saturated heterocycles. The number of carbonyl (C=O) groups is 1. The number of aliphatic hydroxyl groups excluding tert-OH is 2. The molecule has 1 heterocycles. The number of rotatable bonds is 6. The summed E-state index contributed by atoms with van der Waals surface area (Å²) in [7, 11) is 0. The van der Waals surface area contributed by atoms with Crippen LogP contribution in [0.4, 0.5) is 4.79 Å². The summed E-state index contributed by atoms with van der Waals surface area (Å²) in [5.41, 5.74) is 1.27. The Bertz CT molecular complexity index is 492. The third kappa shape index (κ3) is 4.94. The SMILES string of the molecule is CC(C)[C@@H](CNC(=O)N1C[C@@H](O)C[C@H]1CO)Cc1ccccc1. The minimum absolute atomic E-state index is 0.109. The Morgan fingerprint density at radius 2 is 2.04 bits per heavy atom. The van der Waals surface area contributed by atoms with E-state index in [1.54, 1.807) is 4.90 Å². The van der Waals surface area contributed by atoms with Gasteiger partial charge in [0.25, 0.3) is 0 Å². The van der Waals surface area contributed by atoms with E-state index in [0.29, 0.717) is 31.3 Å². The molecule has 2 amide bonds. The highest BCUT2D eigenvalue weighted by Crippen LogP contribution is 2.19. The van der Waals surface area contributed by atoms with Gasteiger partial charge in [0.2, 0.25) is 0 Å². The fourth-order valence-electron chi connectivity index (χ4n) is 3.09. The van der Waals surface area contributed by atoms with Gasteiger partial charge in [0.1, 0.15) is 0 Å². The Balaban J connectivity index is 1.89. The number of benzene rings is 1. The van der Waals surface area contributed by atoms with Crippen LogP contribution in [0.5, 0.6) is 0 Å². The zero-order chi connectivity index (χ0) is 16.8. The molecule has 0 aliphatic carbocycles. The van der Waals surface area contributed by atoms with Crippen molar-refractivity contribution in [2.24, 2.45) is 11.8 Å². The van der Waals surface area contributed by atoms with Gasteiger partial charge in [-0.1, -0.05) is 44.2 Å². The fraction of sp³-hybridized carbons (Fsp3) is 0.611. The molecule has 1 aromatic rings. The number of nitrogens with zero attached hydrogens (tertiary/aromatic N) is 1. The Labute approximate surface area is 138 Å². The van der Waals surface area contributed by atoms with Gasteiger partial charge in [-0.15, -0.1) is 0 Å². The topological polar surface area (TPSA) is 72.8 Å². The van der Waals surface area contributed by atoms with Gasteiger partial charge in [-0.2, -0.15) is 0 Å². The molecule has 128 valence electrons. The molecule has 0 bridgehead atoms. The van der Waals surface area contributed by atoms with Crippen molar-refractivity contribution in [2.75, 3.05) is 19.7 Å². The van der Waals surface area contributed by atoms with Crippen molar-refractivity contribution in [3.8, 4) is 0 Å². The van der Waals surface area contributed by atoms with E-state index < -0.39 is 6.10 Å². The maximum Gasteiger partial charge on any atom is 0.317 e. The summed E-state index contributed by atoms with van der Waals surface area (Å²) in [5, 5.41) is 22.0. The van der Waals surface area contributed by atoms with Gasteiger partial charge >= 0.3 is 6.03 Å². The van der Waals surface area contributed by atoms with Crippen LogP contribution in [0.15, 0.2) is 30.3 Å². The van der Waals surface area contributed by atoms with Gasteiger partial charge < -0.3 is 20.4 Å². The molecular formula is C18H28N2O3. The summed E-state index contributed by atoms with van der Waals surface area (Å²) >= 11 is 0. The maximum absolute atomic E-state index is 12.3. The van der Waals surface area contributed by atoms with Crippen LogP contribution in [0.25, 0.3) is 0 Å². The molecule has 0 saturated carbocycles. The van der Waals surface area contributed by atoms with E-state index in [-0.39, 0.29) is 18.7 Å². The second-order valence-corrected chi connectivity index (χ2v) is 6.76. The highest BCUT2D eigenvalue weighted by molar-refractivity contribution is 5.75. The number of urea groups is 1. The van der Waals surface area contributed by atoms with Gasteiger partial charge in [0, 0.05) is 13.1 Å². The van der Waals surface area contributed by atoms with Crippen molar-refractivity contribution in [1.82, 2.24) is 10.2 Å². The molecule has 0 radical (unpaired) electrons. The quantitative estimate of drug-likeness (QED) is 0.746. The van der Waals surface area contributed by atoms with Crippen LogP contribution in [0.1, 0.15) is 25.8 Å². The molecule has 0 aromatic heterocycles. The first-order valence-electron chi connectivity index (χ1n) is 8.38. The highest BCUT2D eigenvalue weighted by Gasteiger charge is 2.33. The number of hydrogen-bond donors (Lipinski definition) is 3. The molecule has 1 aliphatic rings. The lowest BCUT2D eigenvalue weighted by Gasteiger charge is -2.26. The number of aliphatic hydroxyl groups is 2. The third-order valence-electron chi connectivity index (χ3n) is 4.66. The third-order valence-corrected chi connectivity index (χ3v) is 4.66. The molecule has 2 rings (SSSR count). The molecule has 1 fully saturated rings. The number of β-amino-alcohol motifs (C(OH)–C–C–N with tert-alkyl or cyclic N) is 1. The molecule has 0 unspecified atom stereocenters. The molecule has 5 nitrogen and oxygen atoms in total. The molecule has 3 atom stereocenters. The van der Waals surface area contributed by atoms with E-state index in [1.165, 1.54) is 5.56 Å². The first-order valence-corrected chi connectivity index (χ1v) is 8.38. The van der Waals surface area contributed by atoms with Crippen LogP contribution in [0.3, 0.4) is 0 Å². The van der Waals surface area contributed by atoms with Gasteiger partial charge in [-0.25, -0.2) is 4.79 Å². The van der Waals surface area contributed by atoms with Crippen LogP contribution in [0, 0.1) is 11.8 Å². The van der Waals surface area contributed by atoms with Crippen LogP contribution in [-0.2, 0) is 6.42 Å². The van der Waals surface area contributed by atoms with Gasteiger partial charge in [0.15, 0.2) is 0 Å². The van der Waals surface area contributed by atoms with Crippen molar-refractivity contribution in [1.29, 1.82) is 0 Å². The average Bonchev–Trinajstić information content (AvgIpc) is 2.93. The molecule has 1 aromatic carbocycles. The predicted octanol–water partition coefficient (Wildman–Crippen LogP) is 1.64. The van der Waals surface area contributed by atoms with Crippen LogP contribution >= 0.6 is 0 Å². The second-order valence-electron chi connectivity index (χ2n) is 6.76. The van der Waals surface area contributed by atoms with Gasteiger partial charge in [-0.3, -0.25) is 0 Å². The fourth-order valence-corrected chi connectivity index (χ4v) is 3.09. The second kappa shape index (κ2) is 8.31. The Hall–Kier alpha value is -1.59. The van der Waals surface area contributed by atoms with E-state index in [9.17, 15) is 15.0 Å². The normalized spacial score (nSPS) is 22.4. The molecule has 23 heavy (non-hydrogen) atoms. The molecular weight excluding hydrogens is 292 g/mol. The van der Waals surface area contributed by atoms with Crippen molar-refractivity contribution >= 4 is 6.03 Å². The van der Waals surface area contributed by atoms with E-state index in [2.05, 4.69) is 31.3 Å². The van der Waals surface area contributed by atoms with Gasteiger partial charge in [0.05, 0.1) is 18.8 Å². The first kappa shape index (κ1) is 17.8. The zero-order valence-electron chi connectivity index (χ0n) is 14.0. The number of amides is 2. The Kier molecular flexibility index (Phi) is 6.42. The zero-order valence-corrected chi connectivity index (χ0v) is 14.0. The lowest BCUT2D eigenvalue weighted by atomic mass is 9.89. The molecule has 1 aliphatic heterocycles. The van der Waals surface area contributed by atoms with Crippen LogP contribution < -0.4 is 5.32 Å². The average molecular weight is 320 g/mol. The van der Waals surface area contributed by atoms with E-state index >= 15 is 0 Å². The highest BCUT2D eigenvalue weighted by atomic mass is 16.3. The summed E-state index contributed by atoms with van der Waals surface area (Å²) in [6.07, 6.45) is 0.829. The van der Waals surface area contributed by atoms with Crippen molar-refractivity contribution in [3.63, 3.8) is 0 Å². The largest absolute Gasteiger partial charge is 0.394 e. The van der Waals surface area contributed by atoms with Crippen LogP contribution in [0.2, 0.25) is 0 Å². The Morgan fingerprint density at radius 1 is 1.35 bits per heavy atom. The van der Waals surface area contributed by atoms with E-state index in [4.69, 9.17) is 0 Å². The summed E-state index contributed by atoms with van der Waals surface area (Å²) in [6, 6.07) is 9.80. The maximum atomic E-state index is 12.3. The number of carbonyl (C=O) groups excluding carboxylic acids is 1. The summed E-state index contributed by atoms with van der Waals surface area (Å²) < 4.78 is 0. The van der Waals surface area contributed by atoms with Gasteiger partial charge in [-0.05, 0) is 30.2 Å². The summed E-state index contributed by atoms with van der Waals surface area (Å²) in [5.74, 6) is 0.801. The number of hydrogen-bond acceptors (Lipinski definition) is 3. The smallest absolute Gasteiger partial charge is 0.317 e. The minimum atomic E-state index is -0.539. The lowest BCUT2D eigenvalue weighted by Crippen LogP contribution is -2.46. The molecule has 0 spiro atoms. The minimum Gasteiger partial charge on any atom is -0.394 e. The van der Waals surface area contributed by atoms with Crippen LogP contribution in [-0.4, -0.2) is 53.0 Å². The predicted molar refractivity (Wildman–Crippen MR) is 90.1 cm³/mol. The monoisotopic (exact) mass is 320 g/mol. The Morgan fingerprint density at radius 3 is 2.65 bits per heavy atom. The summed E-state index contributed by atoms with van der Waals surface area (Å²) in [4.78, 5) is 13.9. The standard InChI is InChI=1S/C18H28N2O3/c1-13(2)15(8-14-6-4-3-5-7-14)10-19-18(23)20-11-17(22)9-16(20)12-21/h3-7,13,15-17,21-22H,8-12H2,1-2H3,(H,19,23)/t15-,16+,17+/m1/s1. The first-order chi connectivity index (χ1) is 11.0. The van der Waals surface area contributed by atoms with E-state index in [0.717, 1.165) is 6.42 Å². The van der Waals surface area contributed by atoms with E-state index in [1.807, 2.05) is 18.2 Å². The van der Waals surface area contributed by atoms with Crippen molar-refractivity contribution in [2.45, 2.75) is 38.8 Å². The summed E-state index contributed by atoms with van der Waals surface area (Å²) in [6.45, 7) is 5.10. The molecule has 3 N–H and O–H groups in total. The lowest BCUT2D eigenvalue weighted by molar-refractivity contribution is 0.153. The van der Waals surface area contributed by atoms with Crippen molar-refractivity contribution in [3.05, 3.63) is 35.9 Å².